The highest BCUT2D eigenvalue weighted by atomic mass is 19.1. The summed E-state index contributed by atoms with van der Waals surface area (Å²) >= 11 is 0. The number of benzene rings is 1. The summed E-state index contributed by atoms with van der Waals surface area (Å²) in [7, 11) is 4.07. The van der Waals surface area contributed by atoms with E-state index in [1.54, 1.807) is 18.3 Å². The predicted octanol–water partition coefficient (Wildman–Crippen LogP) is 5.24. The van der Waals surface area contributed by atoms with Crippen molar-refractivity contribution in [1.82, 2.24) is 24.3 Å². The first-order chi connectivity index (χ1) is 15.3. The monoisotopic (exact) mass is 430 g/mol. The fourth-order valence-corrected chi connectivity index (χ4v) is 3.44. The van der Waals surface area contributed by atoms with E-state index >= 15 is 0 Å². The molecule has 0 aliphatic rings. The number of anilines is 1. The Morgan fingerprint density at radius 2 is 1.88 bits per heavy atom. The van der Waals surface area contributed by atoms with Crippen molar-refractivity contribution >= 4 is 11.6 Å². The number of fused-ring (bicyclic) bond motifs is 1. The molecule has 7 heteroatoms. The van der Waals surface area contributed by atoms with Gasteiger partial charge in [-0.05, 0) is 68.0 Å². The van der Waals surface area contributed by atoms with Gasteiger partial charge >= 0.3 is 0 Å². The second kappa shape index (κ2) is 8.88. The van der Waals surface area contributed by atoms with Crippen molar-refractivity contribution in [2.45, 2.75) is 20.4 Å². The third-order valence-electron chi connectivity index (χ3n) is 5.17. The molecule has 0 bridgehead atoms. The first-order valence-corrected chi connectivity index (χ1v) is 10.5. The van der Waals surface area contributed by atoms with Gasteiger partial charge in [0.05, 0.1) is 17.1 Å². The number of hydrogen-bond donors (Lipinski definition) is 1. The second-order valence-electron chi connectivity index (χ2n) is 8.39. The maximum atomic E-state index is 13.6. The molecular weight excluding hydrogens is 403 g/mol. The Bertz CT molecular complexity index is 1260. The van der Waals surface area contributed by atoms with Crippen molar-refractivity contribution in [2.75, 3.05) is 19.4 Å². The zero-order valence-electron chi connectivity index (χ0n) is 18.8. The molecule has 0 radical (unpaired) electrons. The van der Waals surface area contributed by atoms with E-state index in [0.29, 0.717) is 11.6 Å². The van der Waals surface area contributed by atoms with E-state index in [4.69, 9.17) is 9.97 Å². The summed E-state index contributed by atoms with van der Waals surface area (Å²) in [6.45, 7) is 8.97. The van der Waals surface area contributed by atoms with E-state index in [0.717, 1.165) is 40.4 Å². The SMILES string of the molecule is C=C(Nc1nccc(-c2c(-c3ccc(F)cc3)nc3cc(CN(C)C)ccn23)n1)C(C)C. The topological polar surface area (TPSA) is 58.4 Å². The van der Waals surface area contributed by atoms with Gasteiger partial charge in [0.25, 0.3) is 0 Å². The van der Waals surface area contributed by atoms with Gasteiger partial charge in [-0.15, -0.1) is 0 Å². The minimum atomic E-state index is -0.284. The highest BCUT2D eigenvalue weighted by Crippen LogP contribution is 2.32. The van der Waals surface area contributed by atoms with Crippen LogP contribution in [0.15, 0.2) is 67.1 Å². The van der Waals surface area contributed by atoms with Gasteiger partial charge in [0.1, 0.15) is 11.5 Å². The van der Waals surface area contributed by atoms with Gasteiger partial charge in [0.15, 0.2) is 0 Å². The van der Waals surface area contributed by atoms with Crippen molar-refractivity contribution in [3.63, 3.8) is 0 Å². The Hall–Kier alpha value is -3.58. The molecule has 32 heavy (non-hydrogen) atoms. The minimum Gasteiger partial charge on any atom is -0.328 e. The lowest BCUT2D eigenvalue weighted by Crippen LogP contribution is -2.10. The Morgan fingerprint density at radius 3 is 2.56 bits per heavy atom. The number of nitrogens with one attached hydrogen (secondary N) is 1. The number of aromatic nitrogens is 4. The quantitative estimate of drug-likeness (QED) is 0.434. The fourth-order valence-electron chi connectivity index (χ4n) is 3.44. The number of imidazole rings is 1. The molecule has 6 nitrogen and oxygen atoms in total. The normalized spacial score (nSPS) is 11.5. The standard InChI is InChI=1S/C25H27FN6/c1-16(2)17(3)28-25-27-12-10-21(29-25)24-23(19-6-8-20(26)9-7-19)30-22-14-18(15-31(4)5)11-13-32(22)24/h6-14,16H,3,15H2,1-2,4-5H3,(H,27,28,29). The minimum absolute atomic E-state index is 0.253. The zero-order valence-corrected chi connectivity index (χ0v) is 18.8. The molecule has 0 saturated carbocycles. The Balaban J connectivity index is 1.87. The van der Waals surface area contributed by atoms with E-state index in [1.807, 2.05) is 30.8 Å². The van der Waals surface area contributed by atoms with Gasteiger partial charge in [0, 0.05) is 30.2 Å². The van der Waals surface area contributed by atoms with Crippen LogP contribution in [0, 0.1) is 11.7 Å². The third-order valence-corrected chi connectivity index (χ3v) is 5.17. The molecule has 0 aliphatic heterocycles. The molecule has 164 valence electrons. The molecule has 0 atom stereocenters. The number of rotatable bonds is 7. The predicted molar refractivity (Wildman–Crippen MR) is 127 cm³/mol. The average Bonchev–Trinajstić information content (AvgIpc) is 3.12. The largest absolute Gasteiger partial charge is 0.328 e. The summed E-state index contributed by atoms with van der Waals surface area (Å²) in [6, 6.07) is 12.4. The van der Waals surface area contributed by atoms with Crippen LogP contribution in [-0.4, -0.2) is 38.3 Å². The fraction of sp³-hybridized carbons (Fsp3) is 0.240. The van der Waals surface area contributed by atoms with Crippen molar-refractivity contribution in [1.29, 1.82) is 0 Å². The maximum absolute atomic E-state index is 13.6. The molecule has 0 aliphatic carbocycles. The van der Waals surface area contributed by atoms with Crippen LogP contribution >= 0.6 is 0 Å². The first kappa shape index (κ1) is 21.6. The van der Waals surface area contributed by atoms with Crippen LogP contribution in [0.25, 0.3) is 28.3 Å². The van der Waals surface area contributed by atoms with Gasteiger partial charge < -0.3 is 10.2 Å². The van der Waals surface area contributed by atoms with Crippen LogP contribution in [-0.2, 0) is 6.54 Å². The van der Waals surface area contributed by atoms with Crippen LogP contribution in [0.1, 0.15) is 19.4 Å². The van der Waals surface area contributed by atoms with Gasteiger partial charge in [-0.3, -0.25) is 4.40 Å². The maximum Gasteiger partial charge on any atom is 0.227 e. The summed E-state index contributed by atoms with van der Waals surface area (Å²) in [5, 5.41) is 3.19. The molecule has 1 N–H and O–H groups in total. The lowest BCUT2D eigenvalue weighted by Gasteiger charge is -2.12. The number of allylic oxidation sites excluding steroid dienone is 1. The van der Waals surface area contributed by atoms with Crippen LogP contribution in [0.3, 0.4) is 0 Å². The van der Waals surface area contributed by atoms with E-state index in [9.17, 15) is 4.39 Å². The van der Waals surface area contributed by atoms with Gasteiger partial charge in [-0.2, -0.15) is 0 Å². The van der Waals surface area contributed by atoms with Crippen LogP contribution in [0.4, 0.5) is 10.3 Å². The summed E-state index contributed by atoms with van der Waals surface area (Å²) < 4.78 is 15.6. The van der Waals surface area contributed by atoms with E-state index in [-0.39, 0.29) is 11.7 Å². The average molecular weight is 431 g/mol. The van der Waals surface area contributed by atoms with Crippen LogP contribution in [0.2, 0.25) is 0 Å². The summed E-state index contributed by atoms with van der Waals surface area (Å²) in [5.74, 6) is 0.446. The molecule has 1 aromatic carbocycles. The number of halogens is 1. The highest BCUT2D eigenvalue weighted by molar-refractivity contribution is 5.80. The molecule has 0 unspecified atom stereocenters. The summed E-state index contributed by atoms with van der Waals surface area (Å²) in [6.07, 6.45) is 3.72. The first-order valence-electron chi connectivity index (χ1n) is 10.5. The second-order valence-corrected chi connectivity index (χ2v) is 8.39. The number of pyridine rings is 1. The van der Waals surface area contributed by atoms with Crippen LogP contribution in [0.5, 0.6) is 0 Å². The van der Waals surface area contributed by atoms with Crippen molar-refractivity contribution in [2.24, 2.45) is 5.92 Å². The zero-order chi connectivity index (χ0) is 22.8. The van der Waals surface area contributed by atoms with E-state index in [1.165, 1.54) is 12.1 Å². The molecule has 0 spiro atoms. The molecule has 0 amide bonds. The van der Waals surface area contributed by atoms with Gasteiger partial charge in [-0.25, -0.2) is 19.3 Å². The lowest BCUT2D eigenvalue weighted by molar-refractivity contribution is 0.402. The molecule has 4 rings (SSSR count). The highest BCUT2D eigenvalue weighted by Gasteiger charge is 2.18. The Kier molecular flexibility index (Phi) is 6.01. The van der Waals surface area contributed by atoms with E-state index in [2.05, 4.69) is 47.8 Å². The van der Waals surface area contributed by atoms with E-state index < -0.39 is 0 Å². The van der Waals surface area contributed by atoms with Crippen molar-refractivity contribution < 1.29 is 4.39 Å². The molecule has 3 aromatic heterocycles. The summed E-state index contributed by atoms with van der Waals surface area (Å²) in [5.41, 5.74) is 5.89. The van der Waals surface area contributed by atoms with Gasteiger partial charge in [-0.1, -0.05) is 20.4 Å². The Labute approximate surface area is 187 Å². The summed E-state index contributed by atoms with van der Waals surface area (Å²) in [4.78, 5) is 16.1. The number of hydrogen-bond acceptors (Lipinski definition) is 5. The molecule has 4 aromatic rings. The Morgan fingerprint density at radius 1 is 1.12 bits per heavy atom. The van der Waals surface area contributed by atoms with Crippen molar-refractivity contribution in [3.05, 3.63) is 78.5 Å². The molecule has 0 saturated heterocycles. The van der Waals surface area contributed by atoms with Crippen LogP contribution < -0.4 is 5.32 Å². The van der Waals surface area contributed by atoms with Gasteiger partial charge in [0.2, 0.25) is 5.95 Å². The molecular formula is C25H27FN6. The smallest absolute Gasteiger partial charge is 0.227 e. The number of nitrogens with zero attached hydrogens (tertiary/aromatic N) is 5. The third kappa shape index (κ3) is 4.53. The lowest BCUT2D eigenvalue weighted by atomic mass is 10.1. The van der Waals surface area contributed by atoms with Crippen molar-refractivity contribution in [3.8, 4) is 22.6 Å². The molecule has 3 heterocycles. The molecule has 0 fully saturated rings.